The topological polar surface area (TPSA) is 80.1 Å². The molecule has 0 aromatic carbocycles. The summed E-state index contributed by atoms with van der Waals surface area (Å²) in [6.07, 6.45) is 6.86. The highest BCUT2D eigenvalue weighted by molar-refractivity contribution is 7.89. The van der Waals surface area contributed by atoms with Crippen molar-refractivity contribution in [1.82, 2.24) is 19.3 Å². The number of aryl methyl sites for hydroxylation is 1. The van der Waals surface area contributed by atoms with Crippen LogP contribution in [0.15, 0.2) is 29.1 Å². The van der Waals surface area contributed by atoms with E-state index in [0.717, 1.165) is 31.1 Å². The quantitative estimate of drug-likeness (QED) is 0.880. The molecule has 0 spiro atoms. The first-order valence-electron chi connectivity index (χ1n) is 7.16. The minimum absolute atomic E-state index is 0.0718. The van der Waals surface area contributed by atoms with E-state index in [4.69, 9.17) is 0 Å². The van der Waals surface area contributed by atoms with Gasteiger partial charge in [0, 0.05) is 44.5 Å². The zero-order valence-corrected chi connectivity index (χ0v) is 14.0. The summed E-state index contributed by atoms with van der Waals surface area (Å²) >= 11 is 1.62. The van der Waals surface area contributed by atoms with E-state index in [9.17, 15) is 8.42 Å². The highest BCUT2D eigenvalue weighted by Crippen LogP contribution is 2.24. The second-order valence-electron chi connectivity index (χ2n) is 5.50. The van der Waals surface area contributed by atoms with Crippen LogP contribution in [-0.4, -0.2) is 42.6 Å². The molecule has 3 rings (SSSR count). The summed E-state index contributed by atoms with van der Waals surface area (Å²) in [4.78, 5) is 10.5. The fraction of sp³-hybridized carbons (Fsp3) is 0.538. The fourth-order valence-electron chi connectivity index (χ4n) is 2.61. The molecule has 1 unspecified atom stereocenters. The molecule has 1 aliphatic rings. The minimum Gasteiger partial charge on any atom is -0.348 e. The Morgan fingerprint density at radius 3 is 3.00 bits per heavy atom. The van der Waals surface area contributed by atoms with Crippen LogP contribution in [0, 0.1) is 5.92 Å². The van der Waals surface area contributed by atoms with Gasteiger partial charge in [0.05, 0.1) is 6.33 Å². The Hall–Kier alpha value is -1.45. The summed E-state index contributed by atoms with van der Waals surface area (Å²) in [5.41, 5.74) is 0. The van der Waals surface area contributed by atoms with Gasteiger partial charge in [0.1, 0.15) is 0 Å². The molecule has 2 aromatic heterocycles. The van der Waals surface area contributed by atoms with Gasteiger partial charge >= 0.3 is 0 Å². The standard InChI is InChI=1S/C13H19N5O2S2/c1-17-9-12(15-10-17)22(19,20)16-7-11-3-2-5-18(8-11)13-14-4-6-21-13/h4,6,9-11,16H,2-3,5,7-8H2,1H3. The average molecular weight is 341 g/mol. The Labute approximate surface area is 134 Å². The number of hydrogen-bond acceptors (Lipinski definition) is 6. The van der Waals surface area contributed by atoms with Crippen LogP contribution in [0.25, 0.3) is 0 Å². The number of anilines is 1. The van der Waals surface area contributed by atoms with Crippen LogP contribution < -0.4 is 9.62 Å². The Balaban J connectivity index is 1.59. The second kappa shape index (κ2) is 6.35. The molecule has 0 saturated carbocycles. The van der Waals surface area contributed by atoms with Gasteiger partial charge in [-0.2, -0.15) is 0 Å². The molecule has 22 heavy (non-hydrogen) atoms. The summed E-state index contributed by atoms with van der Waals surface area (Å²) in [7, 11) is -1.77. The third kappa shape index (κ3) is 3.47. The maximum atomic E-state index is 12.2. The molecule has 3 heterocycles. The van der Waals surface area contributed by atoms with E-state index in [1.165, 1.54) is 12.5 Å². The van der Waals surface area contributed by atoms with Crippen LogP contribution in [0.1, 0.15) is 12.8 Å². The highest BCUT2D eigenvalue weighted by atomic mass is 32.2. The largest absolute Gasteiger partial charge is 0.348 e. The van der Waals surface area contributed by atoms with Crippen molar-refractivity contribution in [2.24, 2.45) is 13.0 Å². The zero-order chi connectivity index (χ0) is 15.6. The van der Waals surface area contributed by atoms with Gasteiger partial charge in [-0.3, -0.25) is 0 Å². The van der Waals surface area contributed by atoms with E-state index in [0.29, 0.717) is 6.54 Å². The predicted octanol–water partition coefficient (Wildman–Crippen LogP) is 1.07. The van der Waals surface area contributed by atoms with Crippen LogP contribution in [0.2, 0.25) is 0 Å². The number of nitrogens with zero attached hydrogens (tertiary/aromatic N) is 4. The summed E-state index contributed by atoms with van der Waals surface area (Å²) in [5, 5.41) is 3.04. The molecule has 9 heteroatoms. The predicted molar refractivity (Wildman–Crippen MR) is 85.4 cm³/mol. The number of piperidine rings is 1. The summed E-state index contributed by atoms with van der Waals surface area (Å²) in [5.74, 6) is 0.288. The number of hydrogen-bond donors (Lipinski definition) is 1. The zero-order valence-electron chi connectivity index (χ0n) is 12.3. The van der Waals surface area contributed by atoms with Crippen molar-refractivity contribution in [3.8, 4) is 0 Å². The van der Waals surface area contributed by atoms with E-state index in [2.05, 4.69) is 19.6 Å². The lowest BCUT2D eigenvalue weighted by Crippen LogP contribution is -2.41. The van der Waals surface area contributed by atoms with E-state index >= 15 is 0 Å². The van der Waals surface area contributed by atoms with E-state index in [1.807, 2.05) is 5.38 Å². The van der Waals surface area contributed by atoms with Crippen LogP contribution in [0.3, 0.4) is 0 Å². The molecule has 0 aliphatic carbocycles. The third-order valence-electron chi connectivity index (χ3n) is 3.73. The number of rotatable bonds is 5. The van der Waals surface area contributed by atoms with Crippen molar-refractivity contribution in [3.05, 3.63) is 24.1 Å². The van der Waals surface area contributed by atoms with Crippen LogP contribution in [0.5, 0.6) is 0 Å². The van der Waals surface area contributed by atoms with Gasteiger partial charge in [-0.05, 0) is 18.8 Å². The van der Waals surface area contributed by atoms with Gasteiger partial charge in [-0.15, -0.1) is 11.3 Å². The first-order chi connectivity index (χ1) is 10.5. The summed E-state index contributed by atoms with van der Waals surface area (Å²) < 4.78 is 28.7. The molecule has 0 bridgehead atoms. The second-order valence-corrected chi connectivity index (χ2v) is 8.09. The smallest absolute Gasteiger partial charge is 0.259 e. The number of aromatic nitrogens is 3. The maximum Gasteiger partial charge on any atom is 0.259 e. The fourth-order valence-corrected chi connectivity index (χ4v) is 4.38. The molecular formula is C13H19N5O2S2. The summed E-state index contributed by atoms with van der Waals surface area (Å²) in [6.45, 7) is 2.25. The molecule has 1 fully saturated rings. The molecule has 1 N–H and O–H groups in total. The molecule has 1 aliphatic heterocycles. The first kappa shape index (κ1) is 15.4. The van der Waals surface area contributed by atoms with Gasteiger partial charge in [-0.25, -0.2) is 23.1 Å². The molecule has 7 nitrogen and oxygen atoms in total. The monoisotopic (exact) mass is 341 g/mol. The Morgan fingerprint density at radius 2 is 2.32 bits per heavy atom. The number of sulfonamides is 1. The van der Waals surface area contributed by atoms with Gasteiger partial charge < -0.3 is 9.47 Å². The van der Waals surface area contributed by atoms with Gasteiger partial charge in [0.2, 0.25) is 0 Å². The lowest BCUT2D eigenvalue weighted by Gasteiger charge is -2.32. The van der Waals surface area contributed by atoms with Crippen LogP contribution >= 0.6 is 11.3 Å². The van der Waals surface area contributed by atoms with Crippen molar-refractivity contribution in [2.45, 2.75) is 17.9 Å². The number of imidazole rings is 1. The Morgan fingerprint density at radius 1 is 1.45 bits per heavy atom. The average Bonchev–Trinajstić information content (AvgIpc) is 3.17. The maximum absolute atomic E-state index is 12.2. The van der Waals surface area contributed by atoms with Crippen molar-refractivity contribution >= 4 is 26.5 Å². The van der Waals surface area contributed by atoms with E-state index in [-0.39, 0.29) is 10.9 Å². The van der Waals surface area contributed by atoms with Crippen molar-refractivity contribution in [2.75, 3.05) is 24.5 Å². The molecule has 0 radical (unpaired) electrons. The van der Waals surface area contributed by atoms with E-state index in [1.54, 1.807) is 29.1 Å². The minimum atomic E-state index is -3.52. The molecule has 120 valence electrons. The summed E-state index contributed by atoms with van der Waals surface area (Å²) in [6, 6.07) is 0. The van der Waals surface area contributed by atoms with Crippen molar-refractivity contribution in [1.29, 1.82) is 0 Å². The first-order valence-corrected chi connectivity index (χ1v) is 9.53. The highest BCUT2D eigenvalue weighted by Gasteiger charge is 2.24. The normalized spacial score (nSPS) is 19.5. The SMILES string of the molecule is Cn1cnc(S(=O)(=O)NCC2CCCN(c3nccs3)C2)c1. The van der Waals surface area contributed by atoms with Gasteiger partial charge in [0.25, 0.3) is 10.0 Å². The lowest BCUT2D eigenvalue weighted by molar-refractivity contribution is 0.410. The number of nitrogens with one attached hydrogen (secondary N) is 1. The van der Waals surface area contributed by atoms with Crippen LogP contribution in [-0.2, 0) is 17.1 Å². The Kier molecular flexibility index (Phi) is 4.46. The molecule has 0 amide bonds. The molecular weight excluding hydrogens is 322 g/mol. The molecule has 1 atom stereocenters. The van der Waals surface area contributed by atoms with Crippen LogP contribution in [0.4, 0.5) is 5.13 Å². The third-order valence-corrected chi connectivity index (χ3v) is 5.87. The van der Waals surface area contributed by atoms with Gasteiger partial charge in [-0.1, -0.05) is 0 Å². The molecule has 1 saturated heterocycles. The van der Waals surface area contributed by atoms with Crippen molar-refractivity contribution < 1.29 is 8.42 Å². The lowest BCUT2D eigenvalue weighted by atomic mass is 9.99. The number of thiazole rings is 1. The van der Waals surface area contributed by atoms with Crippen molar-refractivity contribution in [3.63, 3.8) is 0 Å². The molecule has 2 aromatic rings. The Bertz CT molecular complexity index is 711. The van der Waals surface area contributed by atoms with E-state index < -0.39 is 10.0 Å². The van der Waals surface area contributed by atoms with Gasteiger partial charge in [0.15, 0.2) is 10.2 Å².